The molecule has 1 aromatic carbocycles. The van der Waals surface area contributed by atoms with Crippen molar-refractivity contribution in [1.82, 2.24) is 9.97 Å². The van der Waals surface area contributed by atoms with E-state index in [-0.39, 0.29) is 30.1 Å². The smallest absolute Gasteiger partial charge is 0.280 e. The molecule has 2 atom stereocenters. The molecule has 0 aliphatic carbocycles. The molecule has 4 rings (SSSR count). The van der Waals surface area contributed by atoms with Gasteiger partial charge in [-0.1, -0.05) is 30.0 Å². The summed E-state index contributed by atoms with van der Waals surface area (Å²) in [6, 6.07) is 7.54. The summed E-state index contributed by atoms with van der Waals surface area (Å²) in [4.78, 5) is 14.6. The van der Waals surface area contributed by atoms with Crippen LogP contribution in [0.4, 0.5) is 19.1 Å². The average Bonchev–Trinajstić information content (AvgIpc) is 3.07. The van der Waals surface area contributed by atoms with Crippen LogP contribution in [0.3, 0.4) is 0 Å². The molecule has 1 saturated heterocycles. The molecule has 2 aliphatic rings. The molecule has 10 heteroatoms. The molecule has 2 N–H and O–H groups in total. The van der Waals surface area contributed by atoms with Gasteiger partial charge in [-0.15, -0.1) is 0 Å². The number of hydrogen-bond acceptors (Lipinski definition) is 7. The third-order valence-corrected chi connectivity index (χ3v) is 6.01. The maximum atomic E-state index is 14.7. The van der Waals surface area contributed by atoms with Gasteiger partial charge in [-0.25, -0.2) is 23.1 Å². The molecule has 2 unspecified atom stereocenters. The zero-order valence-electron chi connectivity index (χ0n) is 15.0. The second kappa shape index (κ2) is 7.16. The Hall–Kier alpha value is -2.49. The van der Waals surface area contributed by atoms with Crippen molar-refractivity contribution in [1.29, 1.82) is 0 Å². The van der Waals surface area contributed by atoms with E-state index < -0.39 is 17.7 Å². The minimum absolute atomic E-state index is 0.0486. The Balaban J connectivity index is 1.78. The summed E-state index contributed by atoms with van der Waals surface area (Å²) < 4.78 is 46.2. The van der Waals surface area contributed by atoms with Gasteiger partial charge in [0.1, 0.15) is 17.1 Å². The molecule has 1 fully saturated rings. The summed E-state index contributed by atoms with van der Waals surface area (Å²) in [5.41, 5.74) is 5.07. The van der Waals surface area contributed by atoms with Crippen LogP contribution in [-0.2, 0) is 5.54 Å². The molecule has 2 aliphatic heterocycles. The third kappa shape index (κ3) is 3.15. The molecule has 2 aromatic rings. The predicted molar refractivity (Wildman–Crippen MR) is 101 cm³/mol. The Labute approximate surface area is 164 Å². The number of halogens is 3. The van der Waals surface area contributed by atoms with Crippen LogP contribution >= 0.6 is 11.8 Å². The van der Waals surface area contributed by atoms with Crippen molar-refractivity contribution in [2.24, 2.45) is 16.6 Å². The Bertz CT molecular complexity index is 928. The van der Waals surface area contributed by atoms with Gasteiger partial charge >= 0.3 is 0 Å². The van der Waals surface area contributed by atoms with Crippen molar-refractivity contribution < 1.29 is 17.9 Å². The molecule has 0 radical (unpaired) electrons. The highest BCUT2D eigenvalue weighted by Gasteiger charge is 2.52. The van der Waals surface area contributed by atoms with Gasteiger partial charge in [-0.2, -0.15) is 4.98 Å². The molecular formula is C18H18F3N5OS. The number of methoxy groups -OCH3 is 1. The van der Waals surface area contributed by atoms with Gasteiger partial charge in [0.2, 0.25) is 11.8 Å². The first-order valence-electron chi connectivity index (χ1n) is 8.62. The Morgan fingerprint density at radius 2 is 2.11 bits per heavy atom. The van der Waals surface area contributed by atoms with Crippen molar-refractivity contribution in [2.45, 2.75) is 12.0 Å². The van der Waals surface area contributed by atoms with Crippen LogP contribution in [0.1, 0.15) is 17.7 Å². The van der Waals surface area contributed by atoms with Crippen LogP contribution in [0.2, 0.25) is 0 Å². The summed E-state index contributed by atoms with van der Waals surface area (Å²) in [5, 5.41) is 0.376. The molecular weight excluding hydrogens is 391 g/mol. The molecule has 0 saturated carbocycles. The first-order chi connectivity index (χ1) is 13.4. The maximum absolute atomic E-state index is 14.7. The third-order valence-electron chi connectivity index (χ3n) is 5.06. The van der Waals surface area contributed by atoms with Gasteiger partial charge in [0.15, 0.2) is 5.17 Å². The number of aliphatic imine (C=N–C) groups is 1. The monoisotopic (exact) mass is 409 g/mol. The first kappa shape index (κ1) is 18.9. The Morgan fingerprint density at radius 1 is 1.32 bits per heavy atom. The number of fused-ring (bicyclic) bond motifs is 1. The van der Waals surface area contributed by atoms with E-state index in [9.17, 15) is 13.2 Å². The van der Waals surface area contributed by atoms with Crippen molar-refractivity contribution in [3.8, 4) is 5.88 Å². The van der Waals surface area contributed by atoms with Crippen molar-refractivity contribution in [3.05, 3.63) is 47.4 Å². The summed E-state index contributed by atoms with van der Waals surface area (Å²) >= 11 is 1.40. The van der Waals surface area contributed by atoms with E-state index in [0.29, 0.717) is 23.0 Å². The number of ether oxygens (including phenoxy) is 1. The molecule has 0 spiro atoms. The molecule has 148 valence electrons. The van der Waals surface area contributed by atoms with Crippen molar-refractivity contribution in [2.75, 3.05) is 30.9 Å². The van der Waals surface area contributed by atoms with E-state index >= 15 is 0 Å². The van der Waals surface area contributed by atoms with Crippen LogP contribution in [0.5, 0.6) is 5.88 Å². The van der Waals surface area contributed by atoms with Gasteiger partial charge in [0.05, 0.1) is 13.7 Å². The fourth-order valence-electron chi connectivity index (χ4n) is 3.75. The first-order valence-corrected chi connectivity index (χ1v) is 9.60. The zero-order chi connectivity index (χ0) is 19.9. The number of aromatic nitrogens is 2. The highest BCUT2D eigenvalue weighted by atomic mass is 32.2. The highest BCUT2D eigenvalue weighted by Crippen LogP contribution is 2.47. The van der Waals surface area contributed by atoms with E-state index in [1.54, 1.807) is 23.1 Å². The number of alkyl halides is 2. The van der Waals surface area contributed by atoms with Crippen molar-refractivity contribution in [3.63, 3.8) is 0 Å². The molecule has 1 aromatic heterocycles. The fraction of sp³-hybridized carbons (Fsp3) is 0.389. The molecule has 0 bridgehead atoms. The molecule has 28 heavy (non-hydrogen) atoms. The lowest BCUT2D eigenvalue weighted by Crippen LogP contribution is -2.40. The molecule has 3 heterocycles. The van der Waals surface area contributed by atoms with Gasteiger partial charge < -0.3 is 15.4 Å². The number of amidine groups is 1. The topological polar surface area (TPSA) is 76.6 Å². The van der Waals surface area contributed by atoms with E-state index in [4.69, 9.17) is 10.5 Å². The lowest BCUT2D eigenvalue weighted by Gasteiger charge is -2.34. The maximum Gasteiger partial charge on any atom is 0.280 e. The average molecular weight is 409 g/mol. The van der Waals surface area contributed by atoms with E-state index in [1.165, 1.54) is 24.9 Å². The summed E-state index contributed by atoms with van der Waals surface area (Å²) in [5.74, 6) is 0.335. The van der Waals surface area contributed by atoms with Crippen LogP contribution in [0.25, 0.3) is 0 Å². The van der Waals surface area contributed by atoms with Crippen LogP contribution in [0, 0.1) is 11.7 Å². The van der Waals surface area contributed by atoms with Crippen LogP contribution in [-0.4, -0.2) is 41.1 Å². The number of benzene rings is 1. The lowest BCUT2D eigenvalue weighted by molar-refractivity contribution is 0.145. The van der Waals surface area contributed by atoms with Crippen molar-refractivity contribution >= 4 is 22.9 Å². The predicted octanol–water partition coefficient (Wildman–Crippen LogP) is 2.96. The van der Waals surface area contributed by atoms with Gasteiger partial charge in [-0.3, -0.25) is 0 Å². The highest BCUT2D eigenvalue weighted by molar-refractivity contribution is 8.13. The second-order valence-corrected chi connectivity index (χ2v) is 7.72. The normalized spacial score (nSPS) is 24.2. The number of hydrogen-bond donors (Lipinski definition) is 1. The summed E-state index contributed by atoms with van der Waals surface area (Å²) in [7, 11) is 1.35. The van der Waals surface area contributed by atoms with Gasteiger partial charge in [0, 0.05) is 29.8 Å². The number of nitrogens with zero attached hydrogens (tertiary/aromatic N) is 4. The molecule has 0 amide bonds. The standard InChI is InChI=1S/C18H18F3N5OS/c1-27-14-6-13(15(20)21)23-17(24-14)26-7-10-8-28-16(22)25-18(10,9-26)11-4-2-3-5-12(11)19/h2-6,10,15H,7-9H2,1H3,(H2,22,25). The second-order valence-electron chi connectivity index (χ2n) is 6.68. The number of thioether (sulfide) groups is 1. The summed E-state index contributed by atoms with van der Waals surface area (Å²) in [6.45, 7) is 0.670. The van der Waals surface area contributed by atoms with E-state index in [2.05, 4.69) is 15.0 Å². The number of rotatable bonds is 4. The SMILES string of the molecule is COc1cc(C(F)F)nc(N2CC3CSC(N)=NC3(c3ccccc3F)C2)n1. The number of anilines is 1. The Kier molecular flexibility index (Phi) is 4.82. The largest absolute Gasteiger partial charge is 0.481 e. The summed E-state index contributed by atoms with van der Waals surface area (Å²) in [6.07, 6.45) is -2.76. The number of nitrogens with two attached hydrogens (primary N) is 1. The fourth-order valence-corrected chi connectivity index (χ4v) is 4.73. The van der Waals surface area contributed by atoms with E-state index in [0.717, 1.165) is 6.07 Å². The minimum atomic E-state index is -2.76. The van der Waals surface area contributed by atoms with Crippen LogP contribution in [0.15, 0.2) is 35.3 Å². The minimum Gasteiger partial charge on any atom is -0.481 e. The quantitative estimate of drug-likeness (QED) is 0.837. The van der Waals surface area contributed by atoms with E-state index in [1.807, 2.05) is 0 Å². The zero-order valence-corrected chi connectivity index (χ0v) is 15.8. The molecule has 6 nitrogen and oxygen atoms in total. The lowest BCUT2D eigenvalue weighted by atomic mass is 9.81. The van der Waals surface area contributed by atoms with Crippen LogP contribution < -0.4 is 15.4 Å². The Morgan fingerprint density at radius 3 is 2.82 bits per heavy atom. The van der Waals surface area contributed by atoms with Gasteiger partial charge in [0.25, 0.3) is 6.43 Å². The van der Waals surface area contributed by atoms with Gasteiger partial charge in [-0.05, 0) is 6.07 Å².